The van der Waals surface area contributed by atoms with Crippen molar-refractivity contribution in [3.05, 3.63) is 92.3 Å². The second-order valence-electron chi connectivity index (χ2n) is 7.40. The number of carbonyl (C=O) groups excluding carboxylic acids is 1. The zero-order chi connectivity index (χ0) is 23.1. The summed E-state index contributed by atoms with van der Waals surface area (Å²) in [5.74, 6) is 0.138. The fourth-order valence-corrected chi connectivity index (χ4v) is 4.85. The molecule has 4 aromatic rings. The number of hydrogen-bond acceptors (Lipinski definition) is 7. The lowest BCUT2D eigenvalue weighted by atomic mass is 9.98. The highest BCUT2D eigenvalue weighted by Gasteiger charge is 2.45. The van der Waals surface area contributed by atoms with Gasteiger partial charge in [0, 0.05) is 5.02 Å². The number of carbonyl (C=O) groups is 1. The number of fused-ring (bicyclic) bond motifs is 2. The Morgan fingerprint density at radius 1 is 1.24 bits per heavy atom. The molecule has 1 amide bonds. The summed E-state index contributed by atoms with van der Waals surface area (Å²) >= 11 is 7.44. The molecule has 0 bridgehead atoms. The van der Waals surface area contributed by atoms with Crippen molar-refractivity contribution in [2.75, 3.05) is 11.5 Å². The van der Waals surface area contributed by atoms with Crippen LogP contribution in [0.25, 0.3) is 11.0 Å². The lowest BCUT2D eigenvalue weighted by Crippen LogP contribution is -2.29. The van der Waals surface area contributed by atoms with E-state index in [2.05, 4.69) is 16.8 Å². The second kappa shape index (κ2) is 8.46. The van der Waals surface area contributed by atoms with E-state index in [1.54, 1.807) is 36.4 Å². The van der Waals surface area contributed by atoms with Crippen molar-refractivity contribution in [3.8, 4) is 5.75 Å². The predicted octanol–water partition coefficient (Wildman–Crippen LogP) is 5.17. The van der Waals surface area contributed by atoms with Crippen LogP contribution in [0.5, 0.6) is 5.75 Å². The first kappa shape index (κ1) is 21.4. The molecule has 0 fully saturated rings. The molecule has 9 heteroatoms. The monoisotopic (exact) mass is 479 g/mol. The van der Waals surface area contributed by atoms with Gasteiger partial charge in [-0.15, -0.1) is 10.2 Å². The summed E-state index contributed by atoms with van der Waals surface area (Å²) in [4.78, 5) is 28.7. The van der Waals surface area contributed by atoms with Crippen molar-refractivity contribution < 1.29 is 13.9 Å². The summed E-state index contributed by atoms with van der Waals surface area (Å²) < 4.78 is 11.6. The van der Waals surface area contributed by atoms with E-state index in [4.69, 9.17) is 20.8 Å². The minimum absolute atomic E-state index is 0.00881. The van der Waals surface area contributed by atoms with Crippen LogP contribution in [0.3, 0.4) is 0 Å². The first-order valence-electron chi connectivity index (χ1n) is 10.3. The smallest absolute Gasteiger partial charge is 0.297 e. The summed E-state index contributed by atoms with van der Waals surface area (Å²) in [5, 5.41) is 10.3. The summed E-state index contributed by atoms with van der Waals surface area (Å²) in [6.45, 7) is 5.96. The first-order chi connectivity index (χ1) is 16.0. The molecule has 0 saturated carbocycles. The van der Waals surface area contributed by atoms with Crippen LogP contribution >= 0.6 is 22.9 Å². The van der Waals surface area contributed by atoms with E-state index in [9.17, 15) is 9.59 Å². The maximum Gasteiger partial charge on any atom is 0.297 e. The van der Waals surface area contributed by atoms with Crippen molar-refractivity contribution in [1.82, 2.24) is 10.2 Å². The number of amides is 1. The fraction of sp³-hybridized carbons (Fsp3) is 0.167. The van der Waals surface area contributed by atoms with E-state index in [0.717, 1.165) is 5.01 Å². The molecule has 2 aromatic heterocycles. The molecule has 1 aliphatic rings. The Balaban J connectivity index is 1.75. The van der Waals surface area contributed by atoms with E-state index < -0.39 is 11.9 Å². The Labute approximate surface area is 197 Å². The van der Waals surface area contributed by atoms with Crippen LogP contribution in [-0.2, 0) is 6.42 Å². The standard InChI is InChI=1S/C24H18ClN3O4S/c1-3-10-31-15-7-5-6-13(11-15)20-19-21(29)16-12-14(25)8-9-17(16)32-22(19)23(30)28(20)24-27-26-18(4-2)33-24/h3,5-9,11-12,20H,1,4,10H2,2H3. The highest BCUT2D eigenvalue weighted by molar-refractivity contribution is 7.15. The molecule has 0 radical (unpaired) electrons. The zero-order valence-electron chi connectivity index (χ0n) is 17.6. The van der Waals surface area contributed by atoms with Crippen molar-refractivity contribution in [1.29, 1.82) is 0 Å². The van der Waals surface area contributed by atoms with Crippen LogP contribution in [0, 0.1) is 0 Å². The van der Waals surface area contributed by atoms with Crippen molar-refractivity contribution in [2.45, 2.75) is 19.4 Å². The van der Waals surface area contributed by atoms with E-state index in [1.807, 2.05) is 19.1 Å². The van der Waals surface area contributed by atoms with Crippen molar-refractivity contribution >= 4 is 44.9 Å². The summed E-state index contributed by atoms with van der Waals surface area (Å²) in [5.41, 5.74) is 0.911. The molecule has 0 saturated heterocycles. The van der Waals surface area contributed by atoms with Crippen LogP contribution in [0.1, 0.15) is 39.7 Å². The number of benzene rings is 2. The molecule has 1 atom stereocenters. The molecule has 0 N–H and O–H groups in total. The summed E-state index contributed by atoms with van der Waals surface area (Å²) in [6.07, 6.45) is 2.33. The molecule has 0 aliphatic carbocycles. The molecule has 3 heterocycles. The Hall–Kier alpha value is -3.49. The van der Waals surface area contributed by atoms with Gasteiger partial charge in [0.05, 0.1) is 17.0 Å². The van der Waals surface area contributed by atoms with Crippen LogP contribution in [0.2, 0.25) is 5.02 Å². The van der Waals surface area contributed by atoms with Gasteiger partial charge in [-0.2, -0.15) is 0 Å². The summed E-state index contributed by atoms with van der Waals surface area (Å²) in [6, 6.07) is 11.3. The maximum absolute atomic E-state index is 13.6. The minimum atomic E-state index is -0.753. The lowest BCUT2D eigenvalue weighted by Gasteiger charge is -2.22. The van der Waals surface area contributed by atoms with Crippen LogP contribution in [-0.4, -0.2) is 22.7 Å². The second-order valence-corrected chi connectivity index (χ2v) is 8.87. The highest BCUT2D eigenvalue weighted by Crippen LogP contribution is 2.42. The van der Waals surface area contributed by atoms with Crippen molar-refractivity contribution in [2.24, 2.45) is 0 Å². The number of aryl methyl sites for hydroxylation is 1. The van der Waals surface area contributed by atoms with Gasteiger partial charge in [-0.1, -0.05) is 54.6 Å². The molecular weight excluding hydrogens is 462 g/mol. The van der Waals surface area contributed by atoms with Gasteiger partial charge < -0.3 is 9.15 Å². The van der Waals surface area contributed by atoms with Gasteiger partial charge in [-0.3, -0.25) is 14.5 Å². The van der Waals surface area contributed by atoms with Gasteiger partial charge in [-0.05, 0) is 42.3 Å². The third-order valence-corrected chi connectivity index (χ3v) is 6.64. The highest BCUT2D eigenvalue weighted by atomic mass is 35.5. The average Bonchev–Trinajstić information content (AvgIpc) is 3.41. The van der Waals surface area contributed by atoms with Gasteiger partial charge in [0.25, 0.3) is 5.91 Å². The first-order valence-corrected chi connectivity index (χ1v) is 11.5. The molecule has 2 aromatic carbocycles. The third kappa shape index (κ3) is 3.61. The Morgan fingerprint density at radius 3 is 2.85 bits per heavy atom. The number of anilines is 1. The number of rotatable bonds is 6. The molecule has 33 heavy (non-hydrogen) atoms. The van der Waals surface area contributed by atoms with E-state index in [1.165, 1.54) is 16.2 Å². The summed E-state index contributed by atoms with van der Waals surface area (Å²) in [7, 11) is 0. The number of aromatic nitrogens is 2. The predicted molar refractivity (Wildman–Crippen MR) is 128 cm³/mol. The number of halogens is 1. The fourth-order valence-electron chi connectivity index (χ4n) is 3.87. The van der Waals surface area contributed by atoms with Crippen molar-refractivity contribution in [3.63, 3.8) is 0 Å². The van der Waals surface area contributed by atoms with E-state index in [0.29, 0.717) is 45.5 Å². The molecule has 7 nitrogen and oxygen atoms in total. The van der Waals surface area contributed by atoms with Gasteiger partial charge in [0.15, 0.2) is 5.43 Å². The van der Waals surface area contributed by atoms with E-state index in [-0.39, 0.29) is 16.8 Å². The molecule has 166 valence electrons. The normalized spacial score (nSPS) is 15.2. The Morgan fingerprint density at radius 2 is 2.09 bits per heavy atom. The van der Waals surface area contributed by atoms with E-state index >= 15 is 0 Å². The van der Waals surface area contributed by atoms with Crippen LogP contribution in [0.15, 0.2) is 64.3 Å². The van der Waals surface area contributed by atoms with Crippen LogP contribution in [0.4, 0.5) is 5.13 Å². The minimum Gasteiger partial charge on any atom is -0.490 e. The number of ether oxygens (including phenoxy) is 1. The third-order valence-electron chi connectivity index (χ3n) is 5.34. The Kier molecular flexibility index (Phi) is 5.47. The average molecular weight is 480 g/mol. The largest absolute Gasteiger partial charge is 0.490 e. The zero-order valence-corrected chi connectivity index (χ0v) is 19.2. The quantitative estimate of drug-likeness (QED) is 0.354. The number of nitrogens with zero attached hydrogens (tertiary/aromatic N) is 3. The topological polar surface area (TPSA) is 85.5 Å². The molecule has 5 rings (SSSR count). The SMILES string of the molecule is C=CCOc1cccc(C2c3c(oc4ccc(Cl)cc4c3=O)C(=O)N2c2nnc(CC)s2)c1. The number of hydrogen-bond donors (Lipinski definition) is 0. The van der Waals surface area contributed by atoms with Gasteiger partial charge in [-0.25, -0.2) is 0 Å². The van der Waals surface area contributed by atoms with Gasteiger partial charge in [0.2, 0.25) is 10.9 Å². The Bertz CT molecular complexity index is 1460. The lowest BCUT2D eigenvalue weighted by molar-refractivity contribution is 0.0970. The molecular formula is C24H18ClN3O4S. The van der Waals surface area contributed by atoms with Gasteiger partial charge in [0.1, 0.15) is 22.9 Å². The molecule has 0 spiro atoms. The van der Waals surface area contributed by atoms with Gasteiger partial charge >= 0.3 is 0 Å². The molecule has 1 unspecified atom stereocenters. The molecule has 1 aliphatic heterocycles. The van der Waals surface area contributed by atoms with Crippen LogP contribution < -0.4 is 15.1 Å². The maximum atomic E-state index is 13.6.